The fourth-order valence-electron chi connectivity index (χ4n) is 3.11. The van der Waals surface area contributed by atoms with Crippen molar-refractivity contribution in [2.45, 2.75) is 44.8 Å². The summed E-state index contributed by atoms with van der Waals surface area (Å²) in [5.41, 5.74) is 1.37. The first-order valence-electron chi connectivity index (χ1n) is 8.76. The number of carbonyl (C=O) groups excluding carboxylic acids is 1. The van der Waals surface area contributed by atoms with Crippen LogP contribution in [0.25, 0.3) is 0 Å². The Morgan fingerprint density at radius 1 is 1.35 bits per heavy atom. The van der Waals surface area contributed by atoms with E-state index in [0.717, 1.165) is 17.8 Å². The highest BCUT2D eigenvalue weighted by Gasteiger charge is 2.31. The number of nitrogens with one attached hydrogen (secondary N) is 2. The summed E-state index contributed by atoms with van der Waals surface area (Å²) in [5.74, 6) is 0.921. The van der Waals surface area contributed by atoms with E-state index in [1.54, 1.807) is 24.5 Å². The van der Waals surface area contributed by atoms with Crippen LogP contribution in [0.5, 0.6) is 5.75 Å². The van der Waals surface area contributed by atoms with Gasteiger partial charge in [0, 0.05) is 48.9 Å². The molecule has 138 valence electrons. The second-order valence-corrected chi connectivity index (χ2v) is 6.32. The van der Waals surface area contributed by atoms with Gasteiger partial charge in [0.25, 0.3) is 0 Å². The molecular weight excluding hydrogens is 335 g/mol. The number of halogens is 1. The van der Waals surface area contributed by atoms with Crippen LogP contribution < -0.4 is 15.4 Å². The Bertz CT molecular complexity index is 767. The summed E-state index contributed by atoms with van der Waals surface area (Å²) >= 11 is 0. The Labute approximate surface area is 152 Å². The lowest BCUT2D eigenvalue weighted by Gasteiger charge is -2.33. The first-order chi connectivity index (χ1) is 12.6. The summed E-state index contributed by atoms with van der Waals surface area (Å²) in [6.07, 6.45) is 5.41. The third-order valence-electron chi connectivity index (χ3n) is 4.58. The van der Waals surface area contributed by atoms with Crippen LogP contribution in [-0.4, -0.2) is 29.0 Å². The molecule has 26 heavy (non-hydrogen) atoms. The first kappa shape index (κ1) is 18.3. The lowest BCUT2D eigenvalue weighted by Crippen LogP contribution is -2.48. The van der Waals surface area contributed by atoms with E-state index in [-0.39, 0.29) is 17.8 Å². The predicted molar refractivity (Wildman–Crippen MR) is 95.1 cm³/mol. The maximum absolute atomic E-state index is 14.4. The van der Waals surface area contributed by atoms with Crippen molar-refractivity contribution in [2.24, 2.45) is 0 Å². The highest BCUT2D eigenvalue weighted by Crippen LogP contribution is 2.29. The van der Waals surface area contributed by atoms with Gasteiger partial charge in [-0.05, 0) is 24.6 Å². The topological polar surface area (TPSA) is 76.1 Å². The molecule has 2 N–H and O–H groups in total. The van der Waals surface area contributed by atoms with Gasteiger partial charge in [-0.3, -0.25) is 4.79 Å². The molecule has 0 saturated carbocycles. The predicted octanol–water partition coefficient (Wildman–Crippen LogP) is 2.30. The van der Waals surface area contributed by atoms with Gasteiger partial charge in [-0.25, -0.2) is 14.4 Å². The van der Waals surface area contributed by atoms with E-state index >= 15 is 0 Å². The zero-order chi connectivity index (χ0) is 18.5. The molecular formula is C19H23FN4O2. The average Bonchev–Trinajstić information content (AvgIpc) is 2.68. The number of methoxy groups -OCH3 is 1. The van der Waals surface area contributed by atoms with Gasteiger partial charge in [0.15, 0.2) is 0 Å². The fourth-order valence-corrected chi connectivity index (χ4v) is 3.11. The van der Waals surface area contributed by atoms with Gasteiger partial charge < -0.3 is 15.4 Å². The van der Waals surface area contributed by atoms with Crippen LogP contribution in [0.3, 0.4) is 0 Å². The molecule has 1 amide bonds. The number of rotatable bonds is 6. The van der Waals surface area contributed by atoms with Crippen LogP contribution in [-0.2, 0) is 17.8 Å². The molecule has 6 nitrogen and oxygen atoms in total. The second-order valence-electron chi connectivity index (χ2n) is 6.32. The number of amides is 1. The van der Waals surface area contributed by atoms with E-state index in [2.05, 4.69) is 20.6 Å². The Morgan fingerprint density at radius 2 is 2.12 bits per heavy atom. The Morgan fingerprint density at radius 3 is 2.81 bits per heavy atom. The van der Waals surface area contributed by atoms with E-state index in [0.29, 0.717) is 30.7 Å². The van der Waals surface area contributed by atoms with Gasteiger partial charge in [-0.15, -0.1) is 0 Å². The largest absolute Gasteiger partial charge is 0.497 e. The van der Waals surface area contributed by atoms with Crippen LogP contribution in [0.1, 0.15) is 42.8 Å². The van der Waals surface area contributed by atoms with Crippen LogP contribution in [0, 0.1) is 5.82 Å². The van der Waals surface area contributed by atoms with E-state index in [1.165, 1.54) is 13.2 Å². The zero-order valence-electron chi connectivity index (χ0n) is 15.0. The maximum Gasteiger partial charge on any atom is 0.220 e. The molecule has 2 heterocycles. The highest BCUT2D eigenvalue weighted by atomic mass is 19.1. The Hall–Kier alpha value is -2.54. The van der Waals surface area contributed by atoms with Crippen LogP contribution >= 0.6 is 0 Å². The SMILES string of the molecule is CCc1ncc(CN[C@@H]2CCC(=O)N[C@H]2c2cc(OC)ccc2F)cn1. The number of piperidine rings is 1. The number of aromatic nitrogens is 2. The van der Waals surface area contributed by atoms with Crippen molar-refractivity contribution in [3.8, 4) is 5.75 Å². The number of ether oxygens (including phenoxy) is 1. The monoisotopic (exact) mass is 358 g/mol. The molecule has 0 bridgehead atoms. The van der Waals surface area contributed by atoms with Crippen LogP contribution in [0.4, 0.5) is 4.39 Å². The fraction of sp³-hybridized carbons (Fsp3) is 0.421. The van der Waals surface area contributed by atoms with Gasteiger partial charge in [0.05, 0.1) is 13.2 Å². The van der Waals surface area contributed by atoms with Crippen molar-refractivity contribution in [2.75, 3.05) is 7.11 Å². The second kappa shape index (κ2) is 8.23. The van der Waals surface area contributed by atoms with Crippen molar-refractivity contribution in [3.05, 3.63) is 53.4 Å². The van der Waals surface area contributed by atoms with Crippen molar-refractivity contribution >= 4 is 5.91 Å². The summed E-state index contributed by atoms with van der Waals surface area (Å²) in [7, 11) is 1.53. The number of nitrogens with zero attached hydrogens (tertiary/aromatic N) is 2. The average molecular weight is 358 g/mol. The van der Waals surface area contributed by atoms with Crippen molar-refractivity contribution < 1.29 is 13.9 Å². The minimum Gasteiger partial charge on any atom is -0.497 e. The molecule has 0 spiro atoms. The molecule has 1 aliphatic rings. The summed E-state index contributed by atoms with van der Waals surface area (Å²) in [4.78, 5) is 20.5. The molecule has 7 heteroatoms. The minimum atomic E-state index is -0.456. The highest BCUT2D eigenvalue weighted by molar-refractivity contribution is 5.77. The van der Waals surface area contributed by atoms with Gasteiger partial charge in [-0.1, -0.05) is 6.92 Å². The molecule has 1 aromatic heterocycles. The van der Waals surface area contributed by atoms with Crippen LogP contribution in [0.2, 0.25) is 0 Å². The number of carbonyl (C=O) groups is 1. The number of hydrogen-bond acceptors (Lipinski definition) is 5. The summed E-state index contributed by atoms with van der Waals surface area (Å²) in [6, 6.07) is 4.02. The quantitative estimate of drug-likeness (QED) is 0.829. The van der Waals surface area contributed by atoms with Gasteiger partial charge in [0.1, 0.15) is 17.4 Å². The van der Waals surface area contributed by atoms with E-state index in [4.69, 9.17) is 4.74 Å². The van der Waals surface area contributed by atoms with Gasteiger partial charge in [0.2, 0.25) is 5.91 Å². The van der Waals surface area contributed by atoms with Crippen LogP contribution in [0.15, 0.2) is 30.6 Å². The molecule has 1 fully saturated rings. The lowest BCUT2D eigenvalue weighted by atomic mass is 9.91. The van der Waals surface area contributed by atoms with Crippen molar-refractivity contribution in [1.29, 1.82) is 0 Å². The van der Waals surface area contributed by atoms with Gasteiger partial charge >= 0.3 is 0 Å². The molecule has 1 aliphatic heterocycles. The number of aryl methyl sites for hydroxylation is 1. The molecule has 2 aromatic rings. The van der Waals surface area contributed by atoms with E-state index in [9.17, 15) is 9.18 Å². The van der Waals surface area contributed by atoms with Crippen molar-refractivity contribution in [3.63, 3.8) is 0 Å². The molecule has 0 unspecified atom stereocenters. The summed E-state index contributed by atoms with van der Waals surface area (Å²) in [6.45, 7) is 2.55. The summed E-state index contributed by atoms with van der Waals surface area (Å²) in [5, 5.41) is 6.31. The molecule has 3 rings (SSSR count). The number of hydrogen-bond donors (Lipinski definition) is 2. The molecule has 1 aromatic carbocycles. The third-order valence-corrected chi connectivity index (χ3v) is 4.58. The third kappa shape index (κ3) is 4.16. The standard InChI is InChI=1S/C19H23FN4O2/c1-3-17-22-10-12(11-23-17)9-21-16-6-7-18(25)24-19(16)14-8-13(26-2)4-5-15(14)20/h4-5,8,10-11,16,19,21H,3,6-7,9H2,1-2H3,(H,24,25)/t16-,19+/m1/s1. The van der Waals surface area contributed by atoms with E-state index < -0.39 is 6.04 Å². The van der Waals surface area contributed by atoms with Crippen molar-refractivity contribution in [1.82, 2.24) is 20.6 Å². The maximum atomic E-state index is 14.4. The molecule has 2 atom stereocenters. The Balaban J connectivity index is 1.76. The number of benzene rings is 1. The normalized spacial score (nSPS) is 19.9. The zero-order valence-corrected chi connectivity index (χ0v) is 15.0. The van der Waals surface area contributed by atoms with E-state index in [1.807, 2.05) is 6.92 Å². The molecule has 0 aliphatic carbocycles. The first-order valence-corrected chi connectivity index (χ1v) is 8.76. The lowest BCUT2D eigenvalue weighted by molar-refractivity contribution is -0.123. The molecule has 1 saturated heterocycles. The minimum absolute atomic E-state index is 0.0779. The Kier molecular flexibility index (Phi) is 5.78. The smallest absolute Gasteiger partial charge is 0.220 e. The van der Waals surface area contributed by atoms with Gasteiger partial charge in [-0.2, -0.15) is 0 Å². The summed E-state index contributed by atoms with van der Waals surface area (Å²) < 4.78 is 19.6. The molecule has 0 radical (unpaired) electrons.